The summed E-state index contributed by atoms with van der Waals surface area (Å²) in [6, 6.07) is 0. The number of hydrogen-bond donors (Lipinski definition) is 0. The summed E-state index contributed by atoms with van der Waals surface area (Å²) in [7, 11) is 0. The first-order chi connectivity index (χ1) is 4.36. The van der Waals surface area contributed by atoms with E-state index < -0.39 is 0 Å². The van der Waals surface area contributed by atoms with E-state index in [2.05, 4.69) is 6.92 Å². The van der Waals surface area contributed by atoms with Gasteiger partial charge in [0.2, 0.25) is 0 Å². The summed E-state index contributed by atoms with van der Waals surface area (Å²) < 4.78 is 5.32. The highest BCUT2D eigenvalue weighted by atomic mass is 16.6. The molecule has 1 saturated heterocycles. The summed E-state index contributed by atoms with van der Waals surface area (Å²) in [5.41, 5.74) is 0. The van der Waals surface area contributed by atoms with Crippen molar-refractivity contribution in [2.24, 2.45) is 5.92 Å². The average molecular weight is 126 g/mol. The van der Waals surface area contributed by atoms with Crippen molar-refractivity contribution in [2.45, 2.75) is 44.8 Å². The van der Waals surface area contributed by atoms with E-state index in [1.165, 1.54) is 25.7 Å². The normalized spacial score (nSPS) is 42.3. The van der Waals surface area contributed by atoms with Crippen molar-refractivity contribution in [3.05, 3.63) is 0 Å². The molecule has 1 saturated carbocycles. The van der Waals surface area contributed by atoms with Crippen LogP contribution in [0, 0.1) is 5.92 Å². The molecule has 0 amide bonds. The van der Waals surface area contributed by atoms with Gasteiger partial charge >= 0.3 is 0 Å². The quantitative estimate of drug-likeness (QED) is 0.515. The van der Waals surface area contributed by atoms with E-state index in [4.69, 9.17) is 4.74 Å². The Morgan fingerprint density at radius 2 is 2.11 bits per heavy atom. The maximum absolute atomic E-state index is 5.32. The molecule has 1 heterocycles. The Balaban J connectivity index is 1.66. The highest BCUT2D eigenvalue weighted by Gasteiger charge is 2.37. The zero-order valence-corrected chi connectivity index (χ0v) is 5.97. The molecule has 52 valence electrons. The standard InChI is InChI=1S/C8H14O/c1-6-8(9-6)5-7-3-2-4-7/h6-8H,2-5H2,1H3. The van der Waals surface area contributed by atoms with Crippen LogP contribution < -0.4 is 0 Å². The van der Waals surface area contributed by atoms with Gasteiger partial charge in [0.1, 0.15) is 0 Å². The van der Waals surface area contributed by atoms with Crippen molar-refractivity contribution in [2.75, 3.05) is 0 Å². The SMILES string of the molecule is CC1OC1CC1CCC1. The molecule has 2 rings (SSSR count). The highest BCUT2D eigenvalue weighted by molar-refractivity contribution is 4.85. The lowest BCUT2D eigenvalue weighted by Crippen LogP contribution is -2.13. The largest absolute Gasteiger partial charge is 0.370 e. The maximum Gasteiger partial charge on any atom is 0.0841 e. The van der Waals surface area contributed by atoms with Crippen LogP contribution in [-0.2, 0) is 4.74 Å². The van der Waals surface area contributed by atoms with E-state index in [1.54, 1.807) is 0 Å². The van der Waals surface area contributed by atoms with Gasteiger partial charge in [-0.25, -0.2) is 0 Å². The maximum atomic E-state index is 5.32. The Bertz CT molecular complexity index is 104. The molecule has 1 heteroatoms. The van der Waals surface area contributed by atoms with Crippen LogP contribution in [0.5, 0.6) is 0 Å². The van der Waals surface area contributed by atoms with Crippen molar-refractivity contribution in [3.8, 4) is 0 Å². The number of ether oxygens (including phenoxy) is 1. The molecule has 0 bridgehead atoms. The predicted molar refractivity (Wildman–Crippen MR) is 36.3 cm³/mol. The van der Waals surface area contributed by atoms with Crippen LogP contribution in [-0.4, -0.2) is 12.2 Å². The second-order valence-corrected chi connectivity index (χ2v) is 3.41. The molecule has 2 atom stereocenters. The van der Waals surface area contributed by atoms with Crippen molar-refractivity contribution in [1.82, 2.24) is 0 Å². The van der Waals surface area contributed by atoms with Crippen LogP contribution in [0.25, 0.3) is 0 Å². The van der Waals surface area contributed by atoms with Gasteiger partial charge in [0.25, 0.3) is 0 Å². The van der Waals surface area contributed by atoms with Gasteiger partial charge < -0.3 is 4.74 Å². The summed E-state index contributed by atoms with van der Waals surface area (Å²) in [5, 5.41) is 0. The fraction of sp³-hybridized carbons (Fsp3) is 1.00. The third-order valence-electron chi connectivity index (χ3n) is 2.63. The lowest BCUT2D eigenvalue weighted by atomic mass is 9.82. The van der Waals surface area contributed by atoms with Crippen LogP contribution in [0.3, 0.4) is 0 Å². The average Bonchev–Trinajstić information content (AvgIpc) is 2.36. The number of rotatable bonds is 2. The van der Waals surface area contributed by atoms with Gasteiger partial charge in [0, 0.05) is 0 Å². The Morgan fingerprint density at radius 1 is 1.44 bits per heavy atom. The monoisotopic (exact) mass is 126 g/mol. The van der Waals surface area contributed by atoms with Gasteiger partial charge in [-0.05, 0) is 19.3 Å². The Labute approximate surface area is 56.4 Å². The highest BCUT2D eigenvalue weighted by Crippen LogP contribution is 2.36. The first kappa shape index (κ1) is 5.72. The molecular weight excluding hydrogens is 112 g/mol. The zero-order chi connectivity index (χ0) is 6.27. The summed E-state index contributed by atoms with van der Waals surface area (Å²) in [6.07, 6.45) is 6.98. The molecule has 1 nitrogen and oxygen atoms in total. The molecule has 9 heavy (non-hydrogen) atoms. The lowest BCUT2D eigenvalue weighted by Gasteiger charge is -2.24. The van der Waals surface area contributed by atoms with E-state index in [-0.39, 0.29) is 0 Å². The first-order valence-electron chi connectivity index (χ1n) is 4.02. The van der Waals surface area contributed by atoms with E-state index >= 15 is 0 Å². The van der Waals surface area contributed by atoms with Crippen molar-refractivity contribution < 1.29 is 4.74 Å². The topological polar surface area (TPSA) is 12.5 Å². The second kappa shape index (κ2) is 1.98. The molecule has 0 aromatic carbocycles. The molecule has 2 fully saturated rings. The van der Waals surface area contributed by atoms with Crippen LogP contribution in [0.15, 0.2) is 0 Å². The summed E-state index contributed by atoms with van der Waals surface area (Å²) >= 11 is 0. The van der Waals surface area contributed by atoms with Gasteiger partial charge in [-0.15, -0.1) is 0 Å². The van der Waals surface area contributed by atoms with Gasteiger partial charge in [-0.1, -0.05) is 19.3 Å². The Morgan fingerprint density at radius 3 is 2.44 bits per heavy atom. The molecule has 0 spiro atoms. The smallest absolute Gasteiger partial charge is 0.0841 e. The molecule has 2 unspecified atom stereocenters. The van der Waals surface area contributed by atoms with Crippen molar-refractivity contribution >= 4 is 0 Å². The van der Waals surface area contributed by atoms with Crippen LogP contribution in [0.2, 0.25) is 0 Å². The molecule has 2 aliphatic rings. The van der Waals surface area contributed by atoms with Gasteiger partial charge in [0.05, 0.1) is 12.2 Å². The first-order valence-corrected chi connectivity index (χ1v) is 4.02. The molecule has 0 aromatic heterocycles. The van der Waals surface area contributed by atoms with Crippen LogP contribution >= 0.6 is 0 Å². The second-order valence-electron chi connectivity index (χ2n) is 3.41. The minimum absolute atomic E-state index is 0.589. The molecular formula is C8H14O. The number of hydrogen-bond acceptors (Lipinski definition) is 1. The summed E-state index contributed by atoms with van der Waals surface area (Å²) in [5.74, 6) is 1.03. The third kappa shape index (κ3) is 1.11. The molecule has 0 radical (unpaired) electrons. The van der Waals surface area contributed by atoms with Crippen molar-refractivity contribution in [1.29, 1.82) is 0 Å². The molecule has 1 aliphatic heterocycles. The van der Waals surface area contributed by atoms with E-state index in [0.29, 0.717) is 12.2 Å². The van der Waals surface area contributed by atoms with Crippen LogP contribution in [0.4, 0.5) is 0 Å². The minimum Gasteiger partial charge on any atom is -0.370 e. The predicted octanol–water partition coefficient (Wildman–Crippen LogP) is 1.96. The lowest BCUT2D eigenvalue weighted by molar-refractivity contribution is 0.257. The third-order valence-corrected chi connectivity index (χ3v) is 2.63. The van der Waals surface area contributed by atoms with Gasteiger partial charge in [-0.3, -0.25) is 0 Å². The minimum atomic E-state index is 0.589. The van der Waals surface area contributed by atoms with E-state index in [0.717, 1.165) is 5.92 Å². The Hall–Kier alpha value is -0.0400. The molecule has 0 aromatic rings. The molecule has 1 aliphatic carbocycles. The van der Waals surface area contributed by atoms with Crippen LogP contribution in [0.1, 0.15) is 32.6 Å². The van der Waals surface area contributed by atoms with Gasteiger partial charge in [0.15, 0.2) is 0 Å². The summed E-state index contributed by atoms with van der Waals surface area (Å²) in [4.78, 5) is 0. The van der Waals surface area contributed by atoms with E-state index in [1.807, 2.05) is 0 Å². The fourth-order valence-corrected chi connectivity index (χ4v) is 1.53. The van der Waals surface area contributed by atoms with Gasteiger partial charge in [-0.2, -0.15) is 0 Å². The van der Waals surface area contributed by atoms with E-state index in [9.17, 15) is 0 Å². The number of epoxide rings is 1. The fourth-order valence-electron chi connectivity index (χ4n) is 1.53. The summed E-state index contributed by atoms with van der Waals surface area (Å²) in [6.45, 7) is 2.17. The van der Waals surface area contributed by atoms with Crippen molar-refractivity contribution in [3.63, 3.8) is 0 Å². The Kier molecular flexibility index (Phi) is 1.26. The molecule has 0 N–H and O–H groups in total. The zero-order valence-electron chi connectivity index (χ0n) is 5.97.